The summed E-state index contributed by atoms with van der Waals surface area (Å²) in [5.74, 6) is 3.01. The van der Waals surface area contributed by atoms with E-state index < -0.39 is 5.43 Å². The minimum Gasteiger partial charge on any atom is -0.469 e. The van der Waals surface area contributed by atoms with Gasteiger partial charge in [0.25, 0.3) is 0 Å². The number of aliphatic hydroxyl groups excluding tert-OH is 1. The molecule has 10 atom stereocenters. The average Bonchev–Trinajstić information content (AvgIpc) is 3.11. The van der Waals surface area contributed by atoms with Gasteiger partial charge in [-0.25, -0.2) is 4.79 Å². The van der Waals surface area contributed by atoms with Crippen LogP contribution in [0.1, 0.15) is 85.0 Å². The summed E-state index contributed by atoms with van der Waals surface area (Å²) in [4.78, 5) is 22.9. The molecular weight excluding hydrogens is 428 g/mol. The molecule has 0 aromatic rings. The number of halogens is 1. The fraction of sp³-hybridized carbons (Fsp3) is 0.923. The highest BCUT2D eigenvalue weighted by Gasteiger charge is 2.63. The lowest BCUT2D eigenvalue weighted by Crippen LogP contribution is -2.59. The molecule has 5 nitrogen and oxygen atoms in total. The van der Waals surface area contributed by atoms with E-state index in [1.165, 1.54) is 26.4 Å². The van der Waals surface area contributed by atoms with Crippen molar-refractivity contribution in [2.24, 2.45) is 46.3 Å². The predicted octanol–water partition coefficient (Wildman–Crippen LogP) is 5.95. The number of hydrogen-bond donors (Lipinski definition) is 1. The van der Waals surface area contributed by atoms with Crippen LogP contribution in [0.5, 0.6) is 0 Å². The van der Waals surface area contributed by atoms with Crippen molar-refractivity contribution in [2.75, 3.05) is 7.11 Å². The van der Waals surface area contributed by atoms with Gasteiger partial charge in [-0.05, 0) is 104 Å². The van der Waals surface area contributed by atoms with E-state index >= 15 is 0 Å². The highest BCUT2D eigenvalue weighted by atomic mass is 35.5. The van der Waals surface area contributed by atoms with Crippen LogP contribution in [0.25, 0.3) is 0 Å². The molecule has 0 radical (unpaired) electrons. The molecule has 4 saturated carbocycles. The molecule has 0 amide bonds. The second kappa shape index (κ2) is 9.09. The van der Waals surface area contributed by atoms with Gasteiger partial charge in [-0.15, -0.1) is 0 Å². The summed E-state index contributed by atoms with van der Waals surface area (Å²) in [5.41, 5.74) is -0.547. The first kappa shape index (κ1) is 24.3. The zero-order chi connectivity index (χ0) is 23.3. The molecule has 4 aliphatic rings. The number of hydrogen-bond acceptors (Lipinski definition) is 5. The third kappa shape index (κ3) is 4.00. The van der Waals surface area contributed by atoms with Crippen LogP contribution in [0.2, 0.25) is 0 Å². The fourth-order valence-corrected chi connectivity index (χ4v) is 9.16. The first-order valence-electron chi connectivity index (χ1n) is 12.7. The van der Waals surface area contributed by atoms with Crippen LogP contribution in [-0.4, -0.2) is 35.8 Å². The summed E-state index contributed by atoms with van der Waals surface area (Å²) in [7, 11) is 1.45. The van der Waals surface area contributed by atoms with Crippen molar-refractivity contribution in [2.45, 2.75) is 97.2 Å². The Morgan fingerprint density at radius 3 is 2.53 bits per heavy atom. The largest absolute Gasteiger partial charge is 0.469 e. The monoisotopic (exact) mass is 468 g/mol. The molecule has 182 valence electrons. The molecule has 0 aromatic carbocycles. The number of carbonyl (C=O) groups is 2. The van der Waals surface area contributed by atoms with E-state index in [-0.39, 0.29) is 29.0 Å². The summed E-state index contributed by atoms with van der Waals surface area (Å²) in [6, 6.07) is 0. The Morgan fingerprint density at radius 1 is 1.09 bits per heavy atom. The van der Waals surface area contributed by atoms with Gasteiger partial charge in [0.05, 0.1) is 13.2 Å². The maximum absolute atomic E-state index is 11.7. The Balaban J connectivity index is 1.50. The average molecular weight is 469 g/mol. The van der Waals surface area contributed by atoms with Crippen LogP contribution in [0.4, 0.5) is 4.79 Å². The third-order valence-electron chi connectivity index (χ3n) is 10.8. The Bertz CT molecular complexity index is 727. The molecule has 6 heteroatoms. The molecule has 0 bridgehead atoms. The SMILES string of the molecule is COC(=O)CC[C@@H](C)[C@H]1CC[C@H]2[C@@H]3CC[C@@H]4C[C@H](OC(=O)Cl)CC[C@]4(C)[C@H]3C[C@H](O)[C@]12C. The van der Waals surface area contributed by atoms with Gasteiger partial charge in [-0.2, -0.15) is 0 Å². The molecule has 4 rings (SSSR count). The quantitative estimate of drug-likeness (QED) is 0.398. The molecule has 1 N–H and O–H groups in total. The Labute approximate surface area is 197 Å². The smallest absolute Gasteiger partial charge is 0.404 e. The molecule has 4 fully saturated rings. The minimum absolute atomic E-state index is 0.0556. The van der Waals surface area contributed by atoms with Crippen molar-refractivity contribution in [3.8, 4) is 0 Å². The van der Waals surface area contributed by atoms with Crippen LogP contribution < -0.4 is 0 Å². The summed E-state index contributed by atoms with van der Waals surface area (Å²) in [6.45, 7) is 7.04. The Kier molecular flexibility index (Phi) is 6.91. The lowest BCUT2D eigenvalue weighted by atomic mass is 9.43. The van der Waals surface area contributed by atoms with Crippen molar-refractivity contribution in [1.82, 2.24) is 0 Å². The van der Waals surface area contributed by atoms with E-state index in [4.69, 9.17) is 21.1 Å². The maximum atomic E-state index is 11.7. The number of aliphatic hydroxyl groups is 1. The summed E-state index contributed by atoms with van der Waals surface area (Å²) < 4.78 is 10.2. The van der Waals surface area contributed by atoms with Gasteiger partial charge in [-0.3, -0.25) is 4.79 Å². The number of rotatable bonds is 5. The van der Waals surface area contributed by atoms with E-state index in [9.17, 15) is 14.7 Å². The summed E-state index contributed by atoms with van der Waals surface area (Å²) in [6.07, 6.45) is 9.38. The highest BCUT2D eigenvalue weighted by Crippen LogP contribution is 2.68. The molecule has 0 aromatic heterocycles. The zero-order valence-electron chi connectivity index (χ0n) is 20.1. The number of methoxy groups -OCH3 is 1. The van der Waals surface area contributed by atoms with Gasteiger partial charge in [0, 0.05) is 18.0 Å². The normalized spacial score (nSPS) is 46.4. The number of fused-ring (bicyclic) bond motifs is 5. The molecule has 32 heavy (non-hydrogen) atoms. The molecule has 0 saturated heterocycles. The molecule has 0 spiro atoms. The van der Waals surface area contributed by atoms with Crippen molar-refractivity contribution >= 4 is 23.0 Å². The second-order valence-corrected chi connectivity index (χ2v) is 12.1. The molecule has 0 aliphatic heterocycles. The predicted molar refractivity (Wildman–Crippen MR) is 123 cm³/mol. The number of esters is 1. The van der Waals surface area contributed by atoms with Gasteiger partial charge in [0.2, 0.25) is 0 Å². The van der Waals surface area contributed by atoms with E-state index in [0.29, 0.717) is 41.9 Å². The number of ether oxygens (including phenoxy) is 2. The van der Waals surface area contributed by atoms with Gasteiger partial charge in [-0.1, -0.05) is 20.8 Å². The van der Waals surface area contributed by atoms with Gasteiger partial charge < -0.3 is 14.6 Å². The molecule has 0 heterocycles. The van der Waals surface area contributed by atoms with Crippen LogP contribution >= 0.6 is 11.6 Å². The highest BCUT2D eigenvalue weighted by molar-refractivity contribution is 6.61. The van der Waals surface area contributed by atoms with Gasteiger partial charge >= 0.3 is 11.4 Å². The van der Waals surface area contributed by atoms with Gasteiger partial charge in [0.15, 0.2) is 0 Å². The zero-order valence-corrected chi connectivity index (χ0v) is 20.9. The van der Waals surface area contributed by atoms with Crippen LogP contribution in [0.3, 0.4) is 0 Å². The lowest BCUT2D eigenvalue weighted by Gasteiger charge is -2.62. The van der Waals surface area contributed by atoms with Crippen molar-refractivity contribution in [3.63, 3.8) is 0 Å². The molecule has 4 aliphatic carbocycles. The second-order valence-electron chi connectivity index (χ2n) is 11.8. The van der Waals surface area contributed by atoms with E-state index in [1.54, 1.807) is 0 Å². The Morgan fingerprint density at radius 2 is 1.84 bits per heavy atom. The van der Waals surface area contributed by atoms with E-state index in [1.807, 2.05) is 0 Å². The van der Waals surface area contributed by atoms with Crippen molar-refractivity contribution < 1.29 is 24.2 Å². The number of carbonyl (C=O) groups excluding carboxylic acids is 2. The van der Waals surface area contributed by atoms with E-state index in [2.05, 4.69) is 20.8 Å². The Hall–Kier alpha value is -0.810. The van der Waals surface area contributed by atoms with Crippen LogP contribution in [-0.2, 0) is 14.3 Å². The standard InChI is InChI=1S/C26H41ClO5/c1-15(5-10-23(29)31-4)19-8-9-20-18-7-6-16-13-17(32-24(27)30)11-12-25(16,2)21(18)14-22(28)26(19,20)3/h15-22,28H,5-14H2,1-4H3/t15-,16-,17-,18+,19-,20+,21+,22+,25+,26-/m1/s1. The minimum atomic E-state index is -0.686. The lowest BCUT2D eigenvalue weighted by molar-refractivity contribution is -0.174. The first-order chi connectivity index (χ1) is 15.1. The summed E-state index contributed by atoms with van der Waals surface area (Å²) in [5, 5.41) is 11.6. The van der Waals surface area contributed by atoms with E-state index in [0.717, 1.165) is 38.5 Å². The molecular formula is C26H41ClO5. The maximum Gasteiger partial charge on any atom is 0.404 e. The van der Waals surface area contributed by atoms with Crippen molar-refractivity contribution in [3.05, 3.63) is 0 Å². The summed E-state index contributed by atoms with van der Waals surface area (Å²) >= 11 is 5.49. The third-order valence-corrected chi connectivity index (χ3v) is 10.9. The fourth-order valence-electron chi connectivity index (χ4n) is 9.03. The molecule has 0 unspecified atom stereocenters. The topological polar surface area (TPSA) is 72.8 Å². The van der Waals surface area contributed by atoms with Crippen molar-refractivity contribution in [1.29, 1.82) is 0 Å². The first-order valence-corrected chi connectivity index (χ1v) is 13.1. The van der Waals surface area contributed by atoms with Gasteiger partial charge in [0.1, 0.15) is 6.10 Å². The van der Waals surface area contributed by atoms with Crippen LogP contribution in [0, 0.1) is 46.3 Å². The van der Waals surface area contributed by atoms with Crippen LogP contribution in [0.15, 0.2) is 0 Å².